The molecule has 1 N–H and O–H groups in total. The second kappa shape index (κ2) is 7.37. The van der Waals surface area contributed by atoms with Gasteiger partial charge in [-0.3, -0.25) is 4.79 Å². The van der Waals surface area contributed by atoms with Crippen molar-refractivity contribution in [1.29, 1.82) is 0 Å². The Morgan fingerprint density at radius 1 is 1.26 bits per heavy atom. The molecule has 1 saturated heterocycles. The summed E-state index contributed by atoms with van der Waals surface area (Å²) in [7, 11) is 0. The third-order valence-electron chi connectivity index (χ3n) is 4.28. The normalized spacial score (nSPS) is 16.4. The summed E-state index contributed by atoms with van der Waals surface area (Å²) in [4.78, 5) is 18.7. The van der Waals surface area contributed by atoms with Gasteiger partial charge in [0.15, 0.2) is 0 Å². The Bertz CT molecular complexity index is 615. The molecule has 0 atom stereocenters. The minimum absolute atomic E-state index is 0.00378. The molecule has 0 radical (unpaired) electrons. The minimum Gasteiger partial charge on any atom is -0.349 e. The summed E-state index contributed by atoms with van der Waals surface area (Å²) in [6.45, 7) is 5.51. The van der Waals surface area contributed by atoms with Crippen molar-refractivity contribution < 1.29 is 4.79 Å². The zero-order chi connectivity index (χ0) is 16.1. The lowest BCUT2D eigenvalue weighted by atomic mass is 10.0. The molecule has 0 spiro atoms. The van der Waals surface area contributed by atoms with Crippen molar-refractivity contribution in [3.63, 3.8) is 0 Å². The van der Waals surface area contributed by atoms with E-state index < -0.39 is 0 Å². The summed E-state index contributed by atoms with van der Waals surface area (Å²) in [5, 5.41) is 7.23. The first-order valence-electron chi connectivity index (χ1n) is 8.24. The molecule has 1 aromatic heterocycles. The highest BCUT2D eigenvalue weighted by molar-refractivity contribution is 5.94. The van der Waals surface area contributed by atoms with Crippen LogP contribution in [0.25, 0.3) is 5.69 Å². The Labute approximate surface area is 136 Å². The van der Waals surface area contributed by atoms with E-state index in [1.54, 1.807) is 11.0 Å². The van der Waals surface area contributed by atoms with Crippen LogP contribution in [0.2, 0.25) is 0 Å². The fraction of sp³-hybridized carbons (Fsp3) is 0.471. The zero-order valence-corrected chi connectivity index (χ0v) is 13.5. The van der Waals surface area contributed by atoms with Gasteiger partial charge in [0, 0.05) is 24.7 Å². The van der Waals surface area contributed by atoms with Crippen molar-refractivity contribution in [2.75, 3.05) is 19.6 Å². The molecular weight excluding hydrogens is 290 g/mol. The number of aromatic nitrogens is 3. The number of nitrogens with zero attached hydrogens (tertiary/aromatic N) is 4. The summed E-state index contributed by atoms with van der Waals surface area (Å²) >= 11 is 0. The van der Waals surface area contributed by atoms with E-state index in [1.165, 1.54) is 12.7 Å². The first-order valence-corrected chi connectivity index (χ1v) is 8.24. The van der Waals surface area contributed by atoms with Gasteiger partial charge in [0.2, 0.25) is 0 Å². The van der Waals surface area contributed by atoms with Gasteiger partial charge in [-0.05, 0) is 50.1 Å². The molecule has 1 amide bonds. The van der Waals surface area contributed by atoms with Gasteiger partial charge in [-0.15, -0.1) is 0 Å². The van der Waals surface area contributed by atoms with Gasteiger partial charge in [0.05, 0.1) is 5.69 Å². The lowest BCUT2D eigenvalue weighted by molar-refractivity contribution is 0.0911. The highest BCUT2D eigenvalue weighted by Gasteiger charge is 2.20. The standard InChI is InChI=1S/C17H23N5O/c1-2-9-21-10-7-15(8-11-21)20-17(23)14-3-5-16(6-4-14)22-13-18-12-19-22/h3-6,12-13,15H,2,7-11H2,1H3,(H,20,23). The van der Waals surface area contributed by atoms with Crippen molar-refractivity contribution >= 4 is 5.91 Å². The average Bonchev–Trinajstić information content (AvgIpc) is 3.11. The van der Waals surface area contributed by atoms with E-state index in [4.69, 9.17) is 0 Å². The molecule has 6 heteroatoms. The molecule has 1 fully saturated rings. The summed E-state index contributed by atoms with van der Waals surface area (Å²) in [6, 6.07) is 7.71. The van der Waals surface area contributed by atoms with Crippen molar-refractivity contribution in [3.05, 3.63) is 42.5 Å². The Morgan fingerprint density at radius 3 is 2.61 bits per heavy atom. The van der Waals surface area contributed by atoms with E-state index in [0.29, 0.717) is 5.56 Å². The van der Waals surface area contributed by atoms with Crippen molar-refractivity contribution in [2.24, 2.45) is 0 Å². The SMILES string of the molecule is CCCN1CCC(NC(=O)c2ccc(-n3cncn3)cc2)CC1. The van der Waals surface area contributed by atoms with Gasteiger partial charge in [0.25, 0.3) is 5.91 Å². The number of benzene rings is 1. The number of carbonyl (C=O) groups excluding carboxylic acids is 1. The molecule has 23 heavy (non-hydrogen) atoms. The van der Waals surface area contributed by atoms with Gasteiger partial charge < -0.3 is 10.2 Å². The number of piperidine rings is 1. The van der Waals surface area contributed by atoms with Gasteiger partial charge >= 0.3 is 0 Å². The molecule has 0 saturated carbocycles. The third-order valence-corrected chi connectivity index (χ3v) is 4.28. The van der Waals surface area contributed by atoms with Crippen LogP contribution in [0.1, 0.15) is 36.5 Å². The maximum Gasteiger partial charge on any atom is 0.251 e. The Hall–Kier alpha value is -2.21. The highest BCUT2D eigenvalue weighted by atomic mass is 16.1. The maximum atomic E-state index is 12.4. The third kappa shape index (κ3) is 3.96. The van der Waals surface area contributed by atoms with Crippen LogP contribution in [0, 0.1) is 0 Å². The molecule has 1 aliphatic heterocycles. The second-order valence-corrected chi connectivity index (χ2v) is 5.98. The zero-order valence-electron chi connectivity index (χ0n) is 13.5. The smallest absolute Gasteiger partial charge is 0.251 e. The number of hydrogen-bond acceptors (Lipinski definition) is 4. The molecule has 0 aliphatic carbocycles. The number of amides is 1. The number of likely N-dealkylation sites (tertiary alicyclic amines) is 1. The van der Waals surface area contributed by atoms with Gasteiger partial charge in [0.1, 0.15) is 12.7 Å². The lowest BCUT2D eigenvalue weighted by Gasteiger charge is -2.32. The molecule has 1 aliphatic rings. The first kappa shape index (κ1) is 15.7. The number of nitrogens with one attached hydrogen (secondary N) is 1. The van der Waals surface area contributed by atoms with Crippen molar-refractivity contribution in [3.8, 4) is 5.69 Å². The molecule has 2 aromatic rings. The molecule has 1 aromatic carbocycles. The van der Waals surface area contributed by atoms with E-state index in [1.807, 2.05) is 24.3 Å². The second-order valence-electron chi connectivity index (χ2n) is 5.98. The fourth-order valence-electron chi connectivity index (χ4n) is 2.99. The summed E-state index contributed by atoms with van der Waals surface area (Å²) < 4.78 is 1.67. The Morgan fingerprint density at radius 2 is 2.00 bits per heavy atom. The molecule has 2 heterocycles. The van der Waals surface area contributed by atoms with Crippen LogP contribution in [-0.2, 0) is 0 Å². The van der Waals surface area contributed by atoms with Gasteiger partial charge in [-0.1, -0.05) is 6.92 Å². The monoisotopic (exact) mass is 313 g/mol. The van der Waals surface area contributed by atoms with Crippen LogP contribution in [0.5, 0.6) is 0 Å². The average molecular weight is 313 g/mol. The summed E-state index contributed by atoms with van der Waals surface area (Å²) in [6.07, 6.45) is 6.38. The lowest BCUT2D eigenvalue weighted by Crippen LogP contribution is -2.44. The van der Waals surface area contributed by atoms with Crippen LogP contribution < -0.4 is 5.32 Å². The summed E-state index contributed by atoms with van der Waals surface area (Å²) in [5.41, 5.74) is 1.58. The van der Waals surface area contributed by atoms with E-state index in [2.05, 4.69) is 27.2 Å². The highest BCUT2D eigenvalue weighted by Crippen LogP contribution is 2.13. The molecule has 0 bridgehead atoms. The molecular formula is C17H23N5O. The molecule has 0 unspecified atom stereocenters. The van der Waals surface area contributed by atoms with Crippen molar-refractivity contribution in [1.82, 2.24) is 25.0 Å². The first-order chi connectivity index (χ1) is 11.3. The predicted molar refractivity (Wildman–Crippen MR) is 88.6 cm³/mol. The number of hydrogen-bond donors (Lipinski definition) is 1. The van der Waals surface area contributed by atoms with Crippen LogP contribution in [0.3, 0.4) is 0 Å². The van der Waals surface area contributed by atoms with E-state index >= 15 is 0 Å². The largest absolute Gasteiger partial charge is 0.349 e. The minimum atomic E-state index is 0.00378. The Kier molecular flexibility index (Phi) is 5.02. The van der Waals surface area contributed by atoms with Gasteiger partial charge in [-0.2, -0.15) is 5.10 Å². The van der Waals surface area contributed by atoms with Crippen LogP contribution in [0.15, 0.2) is 36.9 Å². The molecule has 6 nitrogen and oxygen atoms in total. The van der Waals surface area contributed by atoms with E-state index in [9.17, 15) is 4.79 Å². The van der Waals surface area contributed by atoms with E-state index in [0.717, 1.165) is 38.2 Å². The van der Waals surface area contributed by atoms with Crippen LogP contribution >= 0.6 is 0 Å². The fourth-order valence-corrected chi connectivity index (χ4v) is 2.99. The Balaban J connectivity index is 1.54. The van der Waals surface area contributed by atoms with Gasteiger partial charge in [-0.25, -0.2) is 9.67 Å². The molecule has 122 valence electrons. The number of carbonyl (C=O) groups is 1. The predicted octanol–water partition coefficient (Wildman–Crippen LogP) is 1.87. The maximum absolute atomic E-state index is 12.4. The number of rotatable bonds is 5. The topological polar surface area (TPSA) is 63.1 Å². The van der Waals surface area contributed by atoms with E-state index in [-0.39, 0.29) is 11.9 Å². The van der Waals surface area contributed by atoms with Crippen molar-refractivity contribution in [2.45, 2.75) is 32.2 Å². The molecule has 3 rings (SSSR count). The summed E-state index contributed by atoms with van der Waals surface area (Å²) in [5.74, 6) is 0.00378. The van der Waals surface area contributed by atoms with Crippen LogP contribution in [-0.4, -0.2) is 51.2 Å². The van der Waals surface area contributed by atoms with Crippen LogP contribution in [0.4, 0.5) is 0 Å². The quantitative estimate of drug-likeness (QED) is 0.915.